The number of likely N-dealkylation sites (tertiary alicyclic amines) is 1. The Morgan fingerprint density at radius 1 is 1.07 bits per heavy atom. The molecule has 29 heavy (non-hydrogen) atoms. The SMILES string of the molecule is O=C(c1cc2nccnc2cc1F)N1CCC(Cc2nc3ccccc3[nH]2)CC1. The number of piperidine rings is 1. The van der Waals surface area contributed by atoms with Gasteiger partial charge in [0.15, 0.2) is 0 Å². The Hall–Kier alpha value is -3.35. The first-order valence-electron chi connectivity index (χ1n) is 9.80. The van der Waals surface area contributed by atoms with Crippen LogP contribution in [0.25, 0.3) is 22.1 Å². The number of aromatic nitrogens is 4. The highest BCUT2D eigenvalue weighted by atomic mass is 19.1. The largest absolute Gasteiger partial charge is 0.342 e. The molecule has 1 aliphatic rings. The molecule has 0 atom stereocenters. The van der Waals surface area contributed by atoms with Gasteiger partial charge >= 0.3 is 0 Å². The molecule has 0 aliphatic carbocycles. The molecule has 7 heteroatoms. The number of H-pyrrole nitrogens is 1. The van der Waals surface area contributed by atoms with Gasteiger partial charge in [-0.3, -0.25) is 14.8 Å². The second kappa shape index (κ2) is 7.24. The van der Waals surface area contributed by atoms with E-state index in [1.54, 1.807) is 4.90 Å². The standard InChI is InChI=1S/C22H20FN5O/c23-16-13-20-19(24-7-8-25-20)12-15(16)22(29)28-9-5-14(6-10-28)11-21-26-17-3-1-2-4-18(17)27-21/h1-4,7-8,12-14H,5-6,9-11H2,(H,26,27). The molecule has 4 aromatic rings. The summed E-state index contributed by atoms with van der Waals surface area (Å²) in [5.74, 6) is 0.603. The summed E-state index contributed by atoms with van der Waals surface area (Å²) < 4.78 is 14.5. The van der Waals surface area contributed by atoms with Gasteiger partial charge in [0.25, 0.3) is 5.91 Å². The number of nitrogens with zero attached hydrogens (tertiary/aromatic N) is 4. The summed E-state index contributed by atoms with van der Waals surface area (Å²) in [6.07, 6.45) is 5.65. The van der Waals surface area contributed by atoms with Crippen molar-refractivity contribution in [3.05, 3.63) is 66.0 Å². The van der Waals surface area contributed by atoms with Gasteiger partial charge in [-0.2, -0.15) is 0 Å². The average Bonchev–Trinajstić information content (AvgIpc) is 3.15. The molecule has 3 heterocycles. The molecular formula is C22H20FN5O. The van der Waals surface area contributed by atoms with Crippen LogP contribution in [0.3, 0.4) is 0 Å². The quantitative estimate of drug-likeness (QED) is 0.579. The van der Waals surface area contributed by atoms with Crippen molar-refractivity contribution >= 4 is 28.0 Å². The first-order valence-corrected chi connectivity index (χ1v) is 9.80. The first kappa shape index (κ1) is 17.7. The van der Waals surface area contributed by atoms with Gasteiger partial charge in [0.2, 0.25) is 0 Å². The van der Waals surface area contributed by atoms with Crippen LogP contribution >= 0.6 is 0 Å². The predicted octanol–water partition coefficient (Wildman–Crippen LogP) is 3.74. The van der Waals surface area contributed by atoms with Crippen LogP contribution in [0.2, 0.25) is 0 Å². The lowest BCUT2D eigenvalue weighted by Gasteiger charge is -2.31. The van der Waals surface area contributed by atoms with Crippen molar-refractivity contribution in [2.75, 3.05) is 13.1 Å². The zero-order valence-electron chi connectivity index (χ0n) is 15.8. The number of hydrogen-bond donors (Lipinski definition) is 1. The smallest absolute Gasteiger partial charge is 0.256 e. The van der Waals surface area contributed by atoms with Crippen LogP contribution in [0.5, 0.6) is 0 Å². The van der Waals surface area contributed by atoms with E-state index in [1.807, 2.05) is 24.3 Å². The minimum Gasteiger partial charge on any atom is -0.342 e. The van der Waals surface area contributed by atoms with E-state index < -0.39 is 5.82 Å². The molecule has 0 unspecified atom stereocenters. The van der Waals surface area contributed by atoms with Gasteiger partial charge in [0, 0.05) is 38.0 Å². The van der Waals surface area contributed by atoms with Gasteiger partial charge < -0.3 is 9.88 Å². The molecule has 1 N–H and O–H groups in total. The molecule has 6 nitrogen and oxygen atoms in total. The van der Waals surface area contributed by atoms with E-state index in [1.165, 1.54) is 24.5 Å². The Bertz CT molecular complexity index is 1160. The van der Waals surface area contributed by atoms with E-state index in [-0.39, 0.29) is 11.5 Å². The van der Waals surface area contributed by atoms with Gasteiger partial charge in [-0.25, -0.2) is 9.37 Å². The number of halogens is 1. The zero-order chi connectivity index (χ0) is 19.8. The lowest BCUT2D eigenvalue weighted by atomic mass is 9.93. The number of carbonyl (C=O) groups is 1. The minimum atomic E-state index is -0.549. The summed E-state index contributed by atoms with van der Waals surface area (Å²) in [6.45, 7) is 1.23. The molecule has 0 saturated carbocycles. The number of carbonyl (C=O) groups excluding carboxylic acids is 1. The fourth-order valence-electron chi connectivity index (χ4n) is 4.04. The summed E-state index contributed by atoms with van der Waals surface area (Å²) in [4.78, 5) is 30.9. The lowest BCUT2D eigenvalue weighted by molar-refractivity contribution is 0.0685. The highest BCUT2D eigenvalue weighted by Crippen LogP contribution is 2.24. The number of hydrogen-bond acceptors (Lipinski definition) is 4. The topological polar surface area (TPSA) is 74.8 Å². The maximum Gasteiger partial charge on any atom is 0.256 e. The van der Waals surface area contributed by atoms with E-state index in [0.717, 1.165) is 36.1 Å². The number of imidazole rings is 1. The molecule has 0 spiro atoms. The number of nitrogens with one attached hydrogen (secondary N) is 1. The number of benzene rings is 2. The van der Waals surface area contributed by atoms with Gasteiger partial charge in [-0.05, 0) is 37.0 Å². The second-order valence-corrected chi connectivity index (χ2v) is 7.52. The Labute approximate surface area is 166 Å². The fraction of sp³-hybridized carbons (Fsp3) is 0.273. The highest BCUT2D eigenvalue weighted by molar-refractivity contribution is 5.97. The van der Waals surface area contributed by atoms with Gasteiger partial charge in [-0.15, -0.1) is 0 Å². The summed E-state index contributed by atoms with van der Waals surface area (Å²) in [5, 5.41) is 0. The van der Waals surface area contributed by atoms with Crippen molar-refractivity contribution in [1.29, 1.82) is 0 Å². The van der Waals surface area contributed by atoms with E-state index in [4.69, 9.17) is 0 Å². The summed E-state index contributed by atoms with van der Waals surface area (Å²) in [6, 6.07) is 10.8. The Morgan fingerprint density at radius 3 is 2.55 bits per heavy atom. The van der Waals surface area contributed by atoms with E-state index >= 15 is 0 Å². The third kappa shape index (κ3) is 3.44. The number of amides is 1. The van der Waals surface area contributed by atoms with E-state index in [2.05, 4.69) is 19.9 Å². The third-order valence-electron chi connectivity index (χ3n) is 5.61. The van der Waals surface area contributed by atoms with Crippen molar-refractivity contribution in [1.82, 2.24) is 24.8 Å². The fourth-order valence-corrected chi connectivity index (χ4v) is 4.04. The Balaban J connectivity index is 1.26. The molecule has 1 amide bonds. The Kier molecular flexibility index (Phi) is 4.42. The number of fused-ring (bicyclic) bond motifs is 2. The summed E-state index contributed by atoms with van der Waals surface area (Å²) in [5.41, 5.74) is 3.06. The maximum absolute atomic E-state index is 14.5. The number of rotatable bonds is 3. The Morgan fingerprint density at radius 2 is 1.79 bits per heavy atom. The van der Waals surface area contributed by atoms with Crippen LogP contribution in [-0.2, 0) is 6.42 Å². The van der Waals surface area contributed by atoms with Crippen LogP contribution in [0, 0.1) is 11.7 Å². The normalized spacial score (nSPS) is 15.3. The van der Waals surface area contributed by atoms with Crippen molar-refractivity contribution in [3.63, 3.8) is 0 Å². The van der Waals surface area contributed by atoms with Crippen molar-refractivity contribution < 1.29 is 9.18 Å². The van der Waals surface area contributed by atoms with Crippen LogP contribution < -0.4 is 0 Å². The first-order chi connectivity index (χ1) is 14.2. The molecule has 146 valence electrons. The van der Waals surface area contributed by atoms with E-state index in [0.29, 0.717) is 30.0 Å². The van der Waals surface area contributed by atoms with Gasteiger partial charge in [-0.1, -0.05) is 12.1 Å². The average molecular weight is 389 g/mol. The van der Waals surface area contributed by atoms with Crippen molar-refractivity contribution in [2.45, 2.75) is 19.3 Å². The maximum atomic E-state index is 14.5. The number of aromatic amines is 1. The van der Waals surface area contributed by atoms with Gasteiger partial charge in [0.05, 0.1) is 27.6 Å². The van der Waals surface area contributed by atoms with Gasteiger partial charge in [0.1, 0.15) is 11.6 Å². The summed E-state index contributed by atoms with van der Waals surface area (Å²) in [7, 11) is 0. The molecule has 1 aliphatic heterocycles. The van der Waals surface area contributed by atoms with Crippen molar-refractivity contribution in [3.8, 4) is 0 Å². The molecule has 0 bridgehead atoms. The van der Waals surface area contributed by atoms with Crippen LogP contribution in [0.15, 0.2) is 48.8 Å². The summed E-state index contributed by atoms with van der Waals surface area (Å²) >= 11 is 0. The monoisotopic (exact) mass is 389 g/mol. The molecule has 1 fully saturated rings. The molecule has 0 radical (unpaired) electrons. The lowest BCUT2D eigenvalue weighted by Crippen LogP contribution is -2.39. The van der Waals surface area contributed by atoms with Crippen LogP contribution in [0.4, 0.5) is 4.39 Å². The molecular weight excluding hydrogens is 369 g/mol. The van der Waals surface area contributed by atoms with Crippen molar-refractivity contribution in [2.24, 2.45) is 5.92 Å². The predicted molar refractivity (Wildman–Crippen MR) is 108 cm³/mol. The third-order valence-corrected chi connectivity index (χ3v) is 5.61. The minimum absolute atomic E-state index is 0.0636. The van der Waals surface area contributed by atoms with Crippen LogP contribution in [0.1, 0.15) is 29.0 Å². The molecule has 2 aromatic heterocycles. The van der Waals surface area contributed by atoms with Crippen LogP contribution in [-0.4, -0.2) is 43.8 Å². The number of para-hydroxylation sites is 2. The molecule has 1 saturated heterocycles. The highest BCUT2D eigenvalue weighted by Gasteiger charge is 2.26. The van der Waals surface area contributed by atoms with E-state index in [9.17, 15) is 9.18 Å². The molecule has 2 aromatic carbocycles. The second-order valence-electron chi connectivity index (χ2n) is 7.52. The zero-order valence-corrected chi connectivity index (χ0v) is 15.8. The molecule has 5 rings (SSSR count).